The summed E-state index contributed by atoms with van der Waals surface area (Å²) in [5.41, 5.74) is 3.07. The van der Waals surface area contributed by atoms with Crippen molar-refractivity contribution in [3.05, 3.63) is 24.3 Å². The molecule has 1 heterocycles. The summed E-state index contributed by atoms with van der Waals surface area (Å²) in [6, 6.07) is 10.7. The van der Waals surface area contributed by atoms with Crippen molar-refractivity contribution >= 4 is 11.4 Å². The highest BCUT2D eigenvalue weighted by atomic mass is 16.5. The molecule has 1 N–H and O–H groups in total. The zero-order valence-corrected chi connectivity index (χ0v) is 12.2. The monoisotopic (exact) mass is 299 g/mol. The third-order valence-corrected chi connectivity index (χ3v) is 3.16. The van der Waals surface area contributed by atoms with Crippen LogP contribution in [-0.4, -0.2) is 50.1 Å². The number of nitrogens with one attached hydrogen (secondary N) is 1. The highest BCUT2D eigenvalue weighted by Gasteiger charge is 2.10. The van der Waals surface area contributed by atoms with E-state index in [2.05, 4.69) is 15.4 Å². The lowest BCUT2D eigenvalue weighted by atomic mass is 10.3. The molecule has 1 aromatic rings. The second-order valence-corrected chi connectivity index (χ2v) is 4.59. The Morgan fingerprint density at radius 3 is 2.73 bits per heavy atom. The van der Waals surface area contributed by atoms with Gasteiger partial charge in [-0.2, -0.15) is 15.6 Å². The number of hydrazone groups is 1. The minimum Gasteiger partial charge on any atom is -0.490 e. The van der Waals surface area contributed by atoms with Gasteiger partial charge in [0.1, 0.15) is 24.5 Å². The van der Waals surface area contributed by atoms with Crippen molar-refractivity contribution in [1.29, 1.82) is 10.5 Å². The molecule has 22 heavy (non-hydrogen) atoms. The number of benzene rings is 1. The van der Waals surface area contributed by atoms with E-state index < -0.39 is 0 Å². The number of anilines is 1. The summed E-state index contributed by atoms with van der Waals surface area (Å²) >= 11 is 0. The molecule has 0 radical (unpaired) electrons. The molecule has 7 heteroatoms. The van der Waals surface area contributed by atoms with E-state index in [1.807, 2.05) is 18.2 Å². The number of hydrogen-bond acceptors (Lipinski definition) is 7. The predicted molar refractivity (Wildman–Crippen MR) is 81.5 cm³/mol. The maximum absolute atomic E-state index is 8.67. The number of nitrogens with zero attached hydrogens (tertiary/aromatic N) is 4. The topological polar surface area (TPSA) is 93.7 Å². The largest absolute Gasteiger partial charge is 0.490 e. The van der Waals surface area contributed by atoms with Crippen molar-refractivity contribution in [3.63, 3.8) is 0 Å². The van der Waals surface area contributed by atoms with Crippen LogP contribution in [-0.2, 0) is 4.74 Å². The van der Waals surface area contributed by atoms with Crippen molar-refractivity contribution in [2.45, 2.75) is 0 Å². The van der Waals surface area contributed by atoms with Crippen LogP contribution in [0.15, 0.2) is 29.4 Å². The van der Waals surface area contributed by atoms with Crippen molar-refractivity contribution in [1.82, 2.24) is 4.90 Å². The van der Waals surface area contributed by atoms with E-state index >= 15 is 0 Å². The van der Waals surface area contributed by atoms with Crippen molar-refractivity contribution in [2.24, 2.45) is 5.10 Å². The lowest BCUT2D eigenvalue weighted by Gasteiger charge is -2.26. The summed E-state index contributed by atoms with van der Waals surface area (Å²) in [4.78, 5) is 2.28. The predicted octanol–water partition coefficient (Wildman–Crippen LogP) is 1.21. The minimum atomic E-state index is -0.233. The molecule has 1 fully saturated rings. The number of nitriles is 2. The van der Waals surface area contributed by atoms with Gasteiger partial charge < -0.3 is 9.47 Å². The molecular weight excluding hydrogens is 282 g/mol. The smallest absolute Gasteiger partial charge is 0.237 e. The van der Waals surface area contributed by atoms with E-state index in [9.17, 15) is 0 Å². The fourth-order valence-electron chi connectivity index (χ4n) is 1.99. The van der Waals surface area contributed by atoms with Crippen LogP contribution < -0.4 is 10.2 Å². The van der Waals surface area contributed by atoms with Crippen LogP contribution in [0, 0.1) is 22.7 Å². The minimum absolute atomic E-state index is 0.233. The summed E-state index contributed by atoms with van der Waals surface area (Å²) in [6.45, 7) is 4.73. The van der Waals surface area contributed by atoms with Gasteiger partial charge in [0.05, 0.1) is 18.9 Å². The van der Waals surface area contributed by atoms with Gasteiger partial charge in [0.2, 0.25) is 5.71 Å². The Hall–Kier alpha value is -2.61. The molecule has 1 aromatic carbocycles. The molecule has 2 rings (SSSR count). The van der Waals surface area contributed by atoms with Gasteiger partial charge in [0.25, 0.3) is 0 Å². The molecule has 0 unspecified atom stereocenters. The van der Waals surface area contributed by atoms with Crippen LogP contribution in [0.25, 0.3) is 0 Å². The first-order valence-electron chi connectivity index (χ1n) is 6.99. The highest BCUT2D eigenvalue weighted by Crippen LogP contribution is 2.23. The fraction of sp³-hybridized carbons (Fsp3) is 0.400. The van der Waals surface area contributed by atoms with Crippen LogP contribution in [0.4, 0.5) is 5.69 Å². The normalized spacial score (nSPS) is 14.5. The maximum Gasteiger partial charge on any atom is 0.237 e. The molecule has 1 aliphatic rings. The quantitative estimate of drug-likeness (QED) is 0.627. The molecule has 0 spiro atoms. The highest BCUT2D eigenvalue weighted by molar-refractivity contribution is 6.10. The molecule has 114 valence electrons. The van der Waals surface area contributed by atoms with Gasteiger partial charge in [-0.1, -0.05) is 12.1 Å². The van der Waals surface area contributed by atoms with Crippen LogP contribution in [0.1, 0.15) is 0 Å². The molecule has 0 aliphatic carbocycles. The first-order valence-corrected chi connectivity index (χ1v) is 6.99. The van der Waals surface area contributed by atoms with Gasteiger partial charge in [-0.05, 0) is 12.1 Å². The van der Waals surface area contributed by atoms with Crippen LogP contribution >= 0.6 is 0 Å². The Morgan fingerprint density at radius 1 is 1.27 bits per heavy atom. The summed E-state index contributed by atoms with van der Waals surface area (Å²) in [6.07, 6.45) is 0. The van der Waals surface area contributed by atoms with Crippen LogP contribution in [0.2, 0.25) is 0 Å². The van der Waals surface area contributed by atoms with E-state index in [0.29, 0.717) is 18.0 Å². The number of rotatable bonds is 6. The Labute approximate surface area is 129 Å². The third-order valence-electron chi connectivity index (χ3n) is 3.16. The average Bonchev–Trinajstić information content (AvgIpc) is 2.58. The summed E-state index contributed by atoms with van der Waals surface area (Å²) in [5.74, 6) is 0.634. The van der Waals surface area contributed by atoms with Gasteiger partial charge in [-0.3, -0.25) is 10.3 Å². The molecule has 1 aliphatic heterocycles. The molecule has 1 saturated heterocycles. The Bertz CT molecular complexity index is 581. The zero-order chi connectivity index (χ0) is 15.6. The van der Waals surface area contributed by atoms with Crippen molar-refractivity contribution in [3.8, 4) is 17.9 Å². The standard InChI is InChI=1S/C15H17N5O2/c16-11-13(12-17)18-19-14-3-1-2-4-15(14)22-10-7-20-5-8-21-9-6-20/h1-4,19H,5-10H2. The van der Waals surface area contributed by atoms with Crippen LogP contribution in [0.3, 0.4) is 0 Å². The summed E-state index contributed by atoms with van der Waals surface area (Å²) < 4.78 is 11.1. The first kappa shape index (κ1) is 15.8. The van der Waals surface area contributed by atoms with Crippen molar-refractivity contribution in [2.75, 3.05) is 44.9 Å². The van der Waals surface area contributed by atoms with Crippen molar-refractivity contribution < 1.29 is 9.47 Å². The van der Waals surface area contributed by atoms with Gasteiger partial charge in [0, 0.05) is 19.6 Å². The molecule has 0 saturated carbocycles. The number of para-hydroxylation sites is 2. The van der Waals surface area contributed by atoms with E-state index in [0.717, 1.165) is 32.8 Å². The average molecular weight is 299 g/mol. The van der Waals surface area contributed by atoms with E-state index in [1.54, 1.807) is 18.2 Å². The lowest BCUT2D eigenvalue weighted by molar-refractivity contribution is 0.0323. The molecular formula is C15H17N5O2. The van der Waals surface area contributed by atoms with E-state index in [-0.39, 0.29) is 5.71 Å². The SMILES string of the molecule is N#CC(C#N)=NNc1ccccc1OCCN1CCOCC1. The maximum atomic E-state index is 8.67. The zero-order valence-electron chi connectivity index (χ0n) is 12.2. The Balaban J connectivity index is 1.89. The first-order chi connectivity index (χ1) is 10.8. The molecule has 0 aromatic heterocycles. The molecule has 0 bridgehead atoms. The van der Waals surface area contributed by atoms with Gasteiger partial charge in [0.15, 0.2) is 0 Å². The fourth-order valence-corrected chi connectivity index (χ4v) is 1.99. The van der Waals surface area contributed by atoms with Gasteiger partial charge in [-0.15, -0.1) is 0 Å². The molecule has 0 amide bonds. The van der Waals surface area contributed by atoms with Gasteiger partial charge >= 0.3 is 0 Å². The van der Waals surface area contributed by atoms with E-state index in [4.69, 9.17) is 20.0 Å². The number of ether oxygens (including phenoxy) is 2. The third kappa shape index (κ3) is 4.74. The second-order valence-electron chi connectivity index (χ2n) is 4.59. The van der Waals surface area contributed by atoms with E-state index in [1.165, 1.54) is 0 Å². The van der Waals surface area contributed by atoms with Crippen LogP contribution in [0.5, 0.6) is 5.75 Å². The summed E-state index contributed by atoms with van der Waals surface area (Å²) in [7, 11) is 0. The summed E-state index contributed by atoms with van der Waals surface area (Å²) in [5, 5.41) is 21.1. The molecule has 0 atom stereocenters. The van der Waals surface area contributed by atoms with Gasteiger partial charge in [-0.25, -0.2) is 0 Å². The second kappa shape index (κ2) is 8.63. The number of hydrogen-bond donors (Lipinski definition) is 1. The Kier molecular flexibility index (Phi) is 6.18. The lowest BCUT2D eigenvalue weighted by Crippen LogP contribution is -2.38. The Morgan fingerprint density at radius 2 is 2.00 bits per heavy atom. The number of morpholine rings is 1. The molecule has 7 nitrogen and oxygen atoms in total.